The van der Waals surface area contributed by atoms with Gasteiger partial charge in [0.15, 0.2) is 0 Å². The zero-order valence-electron chi connectivity index (χ0n) is 12.2. The molecule has 1 aromatic carbocycles. The molecule has 0 bridgehead atoms. The highest BCUT2D eigenvalue weighted by Crippen LogP contribution is 2.34. The highest BCUT2D eigenvalue weighted by Gasteiger charge is 2.33. The Kier molecular flexibility index (Phi) is 4.59. The van der Waals surface area contributed by atoms with E-state index in [-0.39, 0.29) is 0 Å². The summed E-state index contributed by atoms with van der Waals surface area (Å²) < 4.78 is 63.3. The summed E-state index contributed by atoms with van der Waals surface area (Å²) in [6.07, 6.45) is -3.78. The van der Waals surface area contributed by atoms with Crippen molar-refractivity contribution < 1.29 is 26.4 Å². The van der Waals surface area contributed by atoms with Crippen LogP contribution in [0.5, 0.6) is 0 Å². The molecule has 0 saturated carbocycles. The first-order valence-corrected chi connectivity index (χ1v) is 8.06. The Morgan fingerprint density at radius 1 is 1.29 bits per heavy atom. The van der Waals surface area contributed by atoms with Gasteiger partial charge in [0.25, 0.3) is 5.16 Å². The van der Waals surface area contributed by atoms with Crippen LogP contribution in [0.15, 0.2) is 34.6 Å². The van der Waals surface area contributed by atoms with E-state index in [9.17, 15) is 26.4 Å². The van der Waals surface area contributed by atoms with E-state index in [1.54, 1.807) is 0 Å². The number of aromatic nitrogens is 3. The predicted octanol–water partition coefficient (Wildman–Crippen LogP) is 2.31. The molecule has 0 aliphatic carbocycles. The fraction of sp³-hybridized carbons (Fsp3) is 0.250. The second-order valence-corrected chi connectivity index (χ2v) is 7.01. The van der Waals surface area contributed by atoms with Crippen molar-refractivity contribution in [2.75, 3.05) is 14.1 Å². The summed E-state index contributed by atoms with van der Waals surface area (Å²) in [7, 11) is -1.54. The number of hydrogen-bond acceptors (Lipinski definition) is 5. The van der Waals surface area contributed by atoms with Gasteiger partial charge in [0.05, 0.1) is 15.5 Å². The highest BCUT2D eigenvalue weighted by molar-refractivity contribution is 7.91. The summed E-state index contributed by atoms with van der Waals surface area (Å²) >= 11 is 5.67. The molecule has 1 heterocycles. The molecule has 24 heavy (non-hydrogen) atoms. The van der Waals surface area contributed by atoms with Gasteiger partial charge >= 0.3 is 12.2 Å². The Hall–Kier alpha value is -2.14. The maximum absolute atomic E-state index is 12.6. The molecule has 130 valence electrons. The van der Waals surface area contributed by atoms with Crippen molar-refractivity contribution in [2.24, 2.45) is 0 Å². The number of carbonyl (C=O) groups is 1. The molecule has 0 unspecified atom stereocenters. The molecule has 7 nitrogen and oxygen atoms in total. The normalized spacial score (nSPS) is 12.2. The van der Waals surface area contributed by atoms with E-state index in [0.717, 1.165) is 17.3 Å². The van der Waals surface area contributed by atoms with E-state index >= 15 is 0 Å². The average Bonchev–Trinajstić information content (AvgIpc) is 2.95. The fourth-order valence-electron chi connectivity index (χ4n) is 1.66. The molecule has 0 radical (unpaired) electrons. The number of benzene rings is 1. The number of hydrogen-bond donors (Lipinski definition) is 0. The molecule has 0 aliphatic rings. The van der Waals surface area contributed by atoms with Crippen LogP contribution in [-0.4, -0.2) is 48.2 Å². The van der Waals surface area contributed by atoms with E-state index in [2.05, 4.69) is 10.1 Å². The molecule has 1 aromatic heterocycles. The third-order valence-electron chi connectivity index (χ3n) is 2.84. The van der Waals surface area contributed by atoms with Crippen LogP contribution >= 0.6 is 11.6 Å². The second-order valence-electron chi connectivity index (χ2n) is 4.80. The van der Waals surface area contributed by atoms with Crippen LogP contribution in [-0.2, 0) is 16.0 Å². The van der Waals surface area contributed by atoms with E-state index in [1.165, 1.54) is 14.1 Å². The van der Waals surface area contributed by atoms with Crippen molar-refractivity contribution >= 4 is 27.5 Å². The van der Waals surface area contributed by atoms with Crippen molar-refractivity contribution in [3.05, 3.63) is 35.1 Å². The third kappa shape index (κ3) is 3.36. The first-order valence-electron chi connectivity index (χ1n) is 6.19. The third-order valence-corrected chi connectivity index (χ3v) is 4.87. The number of amides is 1. The molecule has 2 rings (SSSR count). The molecule has 0 saturated heterocycles. The molecule has 2 aromatic rings. The molecular formula is C12H10ClF3N4O3S. The first kappa shape index (κ1) is 18.2. The van der Waals surface area contributed by atoms with Gasteiger partial charge in [0.2, 0.25) is 9.84 Å². The Labute approximate surface area is 139 Å². The van der Waals surface area contributed by atoms with Crippen molar-refractivity contribution in [2.45, 2.75) is 16.2 Å². The first-order chi connectivity index (χ1) is 10.9. The topological polar surface area (TPSA) is 85.2 Å². The van der Waals surface area contributed by atoms with Crippen molar-refractivity contribution in [1.29, 1.82) is 0 Å². The number of sulfone groups is 1. The summed E-state index contributed by atoms with van der Waals surface area (Å²) in [5.74, 6) is 0. The van der Waals surface area contributed by atoms with Gasteiger partial charge in [-0.3, -0.25) is 0 Å². The molecule has 1 amide bonds. The second kappa shape index (κ2) is 6.06. The minimum Gasteiger partial charge on any atom is -0.329 e. The highest BCUT2D eigenvalue weighted by atomic mass is 35.5. The zero-order valence-corrected chi connectivity index (χ0v) is 13.8. The van der Waals surface area contributed by atoms with Gasteiger partial charge in [-0.15, -0.1) is 5.10 Å². The van der Waals surface area contributed by atoms with Gasteiger partial charge in [-0.1, -0.05) is 11.6 Å². The smallest absolute Gasteiger partial charge is 0.329 e. The van der Waals surface area contributed by atoms with Gasteiger partial charge in [-0.05, 0) is 18.2 Å². The van der Waals surface area contributed by atoms with Crippen LogP contribution in [0.3, 0.4) is 0 Å². The number of nitrogens with zero attached hydrogens (tertiary/aromatic N) is 4. The van der Waals surface area contributed by atoms with Crippen LogP contribution in [0, 0.1) is 0 Å². The predicted molar refractivity (Wildman–Crippen MR) is 76.4 cm³/mol. The molecule has 12 heteroatoms. The lowest BCUT2D eigenvalue weighted by atomic mass is 10.2. The quantitative estimate of drug-likeness (QED) is 0.795. The van der Waals surface area contributed by atoms with Crippen LogP contribution in [0.1, 0.15) is 5.56 Å². The lowest BCUT2D eigenvalue weighted by Gasteiger charge is -2.09. The van der Waals surface area contributed by atoms with E-state index < -0.39 is 42.7 Å². The molecular weight excluding hydrogens is 373 g/mol. The Balaban J connectivity index is 2.47. The van der Waals surface area contributed by atoms with Gasteiger partial charge < -0.3 is 4.90 Å². The summed E-state index contributed by atoms with van der Waals surface area (Å²) in [4.78, 5) is 15.7. The zero-order chi connectivity index (χ0) is 18.3. The number of carbonyl (C=O) groups excluding carboxylic acids is 1. The molecule has 0 fully saturated rings. The largest absolute Gasteiger partial charge is 0.416 e. The SMILES string of the molecule is CN(C)C(=O)n1cnc(S(=O)(=O)c2ccc(C(F)(F)F)cc2Cl)n1. The van der Waals surface area contributed by atoms with E-state index in [4.69, 9.17) is 11.6 Å². The standard InChI is InChI=1S/C12H10ClF3N4O3S/c1-19(2)11(21)20-6-17-10(18-20)24(22,23)9-4-3-7(5-8(9)13)12(14,15)16/h3-6H,1-2H3. The minimum absolute atomic E-state index is 0.496. The molecule has 0 aliphatic heterocycles. The Bertz CT molecular complexity index is 893. The van der Waals surface area contributed by atoms with E-state index in [1.807, 2.05) is 0 Å². The van der Waals surface area contributed by atoms with Gasteiger partial charge in [-0.25, -0.2) is 18.2 Å². The summed E-state index contributed by atoms with van der Waals surface area (Å²) in [6, 6.07) is 1.15. The van der Waals surface area contributed by atoms with Crippen LogP contribution < -0.4 is 0 Å². The summed E-state index contributed by atoms with van der Waals surface area (Å²) in [5.41, 5.74) is -1.09. The Morgan fingerprint density at radius 3 is 2.42 bits per heavy atom. The van der Waals surface area contributed by atoms with Gasteiger partial charge in [0, 0.05) is 14.1 Å². The van der Waals surface area contributed by atoms with Gasteiger partial charge in [0.1, 0.15) is 6.33 Å². The van der Waals surface area contributed by atoms with Crippen LogP contribution in [0.2, 0.25) is 5.02 Å². The van der Waals surface area contributed by atoms with Crippen molar-refractivity contribution in [1.82, 2.24) is 19.7 Å². The van der Waals surface area contributed by atoms with Crippen LogP contribution in [0.25, 0.3) is 0 Å². The molecule has 0 atom stereocenters. The van der Waals surface area contributed by atoms with Crippen molar-refractivity contribution in [3.63, 3.8) is 0 Å². The van der Waals surface area contributed by atoms with E-state index in [0.29, 0.717) is 16.8 Å². The van der Waals surface area contributed by atoms with Crippen molar-refractivity contribution in [3.8, 4) is 0 Å². The molecule has 0 N–H and O–H groups in total. The maximum Gasteiger partial charge on any atom is 0.416 e. The monoisotopic (exact) mass is 382 g/mol. The number of rotatable bonds is 2. The summed E-state index contributed by atoms with van der Waals surface area (Å²) in [6.45, 7) is 0. The fourth-order valence-corrected chi connectivity index (χ4v) is 3.29. The summed E-state index contributed by atoms with van der Waals surface area (Å²) in [5, 5.41) is 2.16. The van der Waals surface area contributed by atoms with Crippen LogP contribution in [0.4, 0.5) is 18.0 Å². The minimum atomic E-state index is -4.66. The Morgan fingerprint density at radius 2 is 1.92 bits per heavy atom. The average molecular weight is 383 g/mol. The van der Waals surface area contributed by atoms with Gasteiger partial charge in [-0.2, -0.15) is 17.9 Å². The molecule has 0 spiro atoms. The number of halogens is 4. The lowest BCUT2D eigenvalue weighted by molar-refractivity contribution is -0.137. The lowest BCUT2D eigenvalue weighted by Crippen LogP contribution is -2.27. The number of alkyl halides is 3. The maximum atomic E-state index is 12.6.